The van der Waals surface area contributed by atoms with Gasteiger partial charge in [0.05, 0.1) is 12.2 Å². The number of anilines is 1. The van der Waals surface area contributed by atoms with Gasteiger partial charge in [-0.15, -0.1) is 0 Å². The molecule has 3 aromatic rings. The maximum absolute atomic E-state index is 13.7. The number of hydrogen-bond donors (Lipinski definition) is 1. The lowest BCUT2D eigenvalue weighted by Crippen LogP contribution is -2.13. The van der Waals surface area contributed by atoms with E-state index in [1.54, 1.807) is 12.1 Å². The summed E-state index contributed by atoms with van der Waals surface area (Å²) in [6, 6.07) is 17.8. The van der Waals surface area contributed by atoms with Crippen LogP contribution in [0.1, 0.15) is 21.5 Å². The first-order valence-corrected chi connectivity index (χ1v) is 8.54. The summed E-state index contributed by atoms with van der Waals surface area (Å²) >= 11 is 0. The molecule has 0 unspecified atom stereocenters. The standard InChI is InChI=1S/C22H18FNO2/c1-14-12-21-16(10-11-26-21)13-19(14)15-6-8-17(9-7-15)24-22(25)18-4-2-3-5-20(18)23/h2-9,12-13H,10-11H2,1H3,(H,24,25). The molecule has 3 aromatic carbocycles. The minimum absolute atomic E-state index is 0.0334. The van der Waals surface area contributed by atoms with Crippen LogP contribution >= 0.6 is 0 Å². The van der Waals surface area contributed by atoms with Crippen molar-refractivity contribution in [3.8, 4) is 16.9 Å². The Morgan fingerprint density at radius 3 is 2.62 bits per heavy atom. The molecule has 0 aromatic heterocycles. The highest BCUT2D eigenvalue weighted by Gasteiger charge is 2.15. The number of rotatable bonds is 3. The molecule has 1 heterocycles. The second-order valence-corrected chi connectivity index (χ2v) is 6.38. The number of benzene rings is 3. The van der Waals surface area contributed by atoms with Gasteiger partial charge in [-0.2, -0.15) is 0 Å². The fourth-order valence-electron chi connectivity index (χ4n) is 3.21. The number of halogens is 1. The lowest BCUT2D eigenvalue weighted by Gasteiger charge is -2.11. The van der Waals surface area contributed by atoms with Crippen molar-refractivity contribution >= 4 is 11.6 Å². The third-order valence-corrected chi connectivity index (χ3v) is 4.61. The Kier molecular flexibility index (Phi) is 4.17. The highest BCUT2D eigenvalue weighted by molar-refractivity contribution is 6.04. The molecule has 0 saturated carbocycles. The Morgan fingerprint density at radius 1 is 1.08 bits per heavy atom. The molecule has 0 bridgehead atoms. The Labute approximate surface area is 151 Å². The van der Waals surface area contributed by atoms with Gasteiger partial charge in [0, 0.05) is 12.1 Å². The molecule has 0 atom stereocenters. The molecule has 1 aliphatic heterocycles. The van der Waals surface area contributed by atoms with Gasteiger partial charge in [0.1, 0.15) is 11.6 Å². The lowest BCUT2D eigenvalue weighted by molar-refractivity contribution is 0.102. The fourth-order valence-corrected chi connectivity index (χ4v) is 3.21. The highest BCUT2D eigenvalue weighted by Crippen LogP contribution is 2.34. The van der Waals surface area contributed by atoms with Gasteiger partial charge in [-0.05, 0) is 65.6 Å². The first kappa shape index (κ1) is 16.3. The highest BCUT2D eigenvalue weighted by atomic mass is 19.1. The van der Waals surface area contributed by atoms with E-state index in [1.165, 1.54) is 17.7 Å². The number of ether oxygens (including phenoxy) is 1. The van der Waals surface area contributed by atoms with Crippen LogP contribution in [-0.4, -0.2) is 12.5 Å². The fraction of sp³-hybridized carbons (Fsp3) is 0.136. The minimum Gasteiger partial charge on any atom is -0.493 e. The predicted molar refractivity (Wildman–Crippen MR) is 100 cm³/mol. The van der Waals surface area contributed by atoms with E-state index >= 15 is 0 Å². The summed E-state index contributed by atoms with van der Waals surface area (Å²) in [5, 5.41) is 2.74. The van der Waals surface area contributed by atoms with Crippen molar-refractivity contribution in [2.45, 2.75) is 13.3 Å². The topological polar surface area (TPSA) is 38.3 Å². The van der Waals surface area contributed by atoms with Gasteiger partial charge in [0.2, 0.25) is 0 Å². The van der Waals surface area contributed by atoms with Crippen molar-refractivity contribution < 1.29 is 13.9 Å². The van der Waals surface area contributed by atoms with Gasteiger partial charge in [-0.25, -0.2) is 4.39 Å². The first-order chi connectivity index (χ1) is 12.6. The molecule has 1 aliphatic rings. The lowest BCUT2D eigenvalue weighted by atomic mass is 9.97. The number of carbonyl (C=O) groups excluding carboxylic acids is 1. The Hall–Kier alpha value is -3.14. The monoisotopic (exact) mass is 347 g/mol. The SMILES string of the molecule is Cc1cc2c(cc1-c1ccc(NC(=O)c3ccccc3F)cc1)CCO2. The quantitative estimate of drug-likeness (QED) is 0.725. The summed E-state index contributed by atoms with van der Waals surface area (Å²) in [4.78, 5) is 12.2. The second-order valence-electron chi connectivity index (χ2n) is 6.38. The molecule has 3 nitrogen and oxygen atoms in total. The van der Waals surface area contributed by atoms with Crippen LogP contribution in [0.3, 0.4) is 0 Å². The van der Waals surface area contributed by atoms with E-state index in [2.05, 4.69) is 24.4 Å². The zero-order valence-corrected chi connectivity index (χ0v) is 14.4. The number of fused-ring (bicyclic) bond motifs is 1. The molecule has 0 aliphatic carbocycles. The molecule has 4 rings (SSSR count). The van der Waals surface area contributed by atoms with Crippen molar-refractivity contribution in [1.29, 1.82) is 0 Å². The smallest absolute Gasteiger partial charge is 0.258 e. The molecule has 0 saturated heterocycles. The van der Waals surface area contributed by atoms with Crippen LogP contribution in [0.2, 0.25) is 0 Å². The molecular weight excluding hydrogens is 329 g/mol. The Balaban J connectivity index is 1.56. The Bertz CT molecular complexity index is 980. The minimum atomic E-state index is -0.530. The second kappa shape index (κ2) is 6.64. The van der Waals surface area contributed by atoms with E-state index in [0.717, 1.165) is 35.5 Å². The van der Waals surface area contributed by atoms with E-state index in [0.29, 0.717) is 5.69 Å². The summed E-state index contributed by atoms with van der Waals surface area (Å²) in [6.45, 7) is 2.80. The molecular formula is C22H18FNO2. The number of hydrogen-bond acceptors (Lipinski definition) is 2. The van der Waals surface area contributed by atoms with Crippen molar-refractivity contribution in [1.82, 2.24) is 0 Å². The Morgan fingerprint density at radius 2 is 1.85 bits per heavy atom. The summed E-state index contributed by atoms with van der Waals surface area (Å²) in [5.41, 5.74) is 5.26. The van der Waals surface area contributed by atoms with Crippen molar-refractivity contribution in [2.75, 3.05) is 11.9 Å². The molecule has 0 fully saturated rings. The number of carbonyl (C=O) groups is 1. The van der Waals surface area contributed by atoms with Gasteiger partial charge < -0.3 is 10.1 Å². The van der Waals surface area contributed by atoms with E-state index in [1.807, 2.05) is 24.3 Å². The van der Waals surface area contributed by atoms with Gasteiger partial charge in [-0.3, -0.25) is 4.79 Å². The molecule has 4 heteroatoms. The van der Waals surface area contributed by atoms with Crippen molar-refractivity contribution in [3.05, 3.63) is 83.2 Å². The van der Waals surface area contributed by atoms with Crippen LogP contribution in [0.25, 0.3) is 11.1 Å². The summed E-state index contributed by atoms with van der Waals surface area (Å²) in [6.07, 6.45) is 0.930. The molecule has 130 valence electrons. The third kappa shape index (κ3) is 3.06. The zero-order valence-electron chi connectivity index (χ0n) is 14.4. The largest absolute Gasteiger partial charge is 0.493 e. The molecule has 0 radical (unpaired) electrons. The van der Waals surface area contributed by atoms with Crippen LogP contribution in [0.5, 0.6) is 5.75 Å². The van der Waals surface area contributed by atoms with Gasteiger partial charge in [-0.1, -0.05) is 24.3 Å². The van der Waals surface area contributed by atoms with Crippen LogP contribution < -0.4 is 10.1 Å². The zero-order chi connectivity index (χ0) is 18.1. The third-order valence-electron chi connectivity index (χ3n) is 4.61. The van der Waals surface area contributed by atoms with Crippen LogP contribution in [0.4, 0.5) is 10.1 Å². The first-order valence-electron chi connectivity index (χ1n) is 8.54. The molecule has 1 amide bonds. The summed E-state index contributed by atoms with van der Waals surface area (Å²) in [7, 11) is 0. The normalized spacial score (nSPS) is 12.4. The van der Waals surface area contributed by atoms with Crippen molar-refractivity contribution in [3.63, 3.8) is 0 Å². The van der Waals surface area contributed by atoms with E-state index in [-0.39, 0.29) is 5.56 Å². The maximum Gasteiger partial charge on any atom is 0.258 e. The van der Waals surface area contributed by atoms with Crippen LogP contribution in [-0.2, 0) is 6.42 Å². The molecule has 1 N–H and O–H groups in total. The van der Waals surface area contributed by atoms with E-state index < -0.39 is 11.7 Å². The number of aryl methyl sites for hydroxylation is 1. The van der Waals surface area contributed by atoms with Gasteiger partial charge >= 0.3 is 0 Å². The van der Waals surface area contributed by atoms with E-state index in [4.69, 9.17) is 4.74 Å². The average molecular weight is 347 g/mol. The molecule has 26 heavy (non-hydrogen) atoms. The van der Waals surface area contributed by atoms with Crippen molar-refractivity contribution in [2.24, 2.45) is 0 Å². The van der Waals surface area contributed by atoms with Crippen LogP contribution in [0, 0.1) is 12.7 Å². The predicted octanol–water partition coefficient (Wildman–Crippen LogP) is 4.99. The van der Waals surface area contributed by atoms with E-state index in [9.17, 15) is 9.18 Å². The maximum atomic E-state index is 13.7. The average Bonchev–Trinajstić information content (AvgIpc) is 3.09. The van der Waals surface area contributed by atoms with Crippen LogP contribution in [0.15, 0.2) is 60.7 Å². The van der Waals surface area contributed by atoms with Gasteiger partial charge in [0.25, 0.3) is 5.91 Å². The van der Waals surface area contributed by atoms with Gasteiger partial charge in [0.15, 0.2) is 0 Å². The number of nitrogens with one attached hydrogen (secondary N) is 1. The molecule has 0 spiro atoms. The summed E-state index contributed by atoms with van der Waals surface area (Å²) in [5.74, 6) is -0.0145. The number of amides is 1. The summed E-state index contributed by atoms with van der Waals surface area (Å²) < 4.78 is 19.3.